The van der Waals surface area contributed by atoms with Gasteiger partial charge in [0.2, 0.25) is 11.1 Å². The van der Waals surface area contributed by atoms with E-state index in [2.05, 4.69) is 12.2 Å². The van der Waals surface area contributed by atoms with Gasteiger partial charge in [-0.1, -0.05) is 13.3 Å². The van der Waals surface area contributed by atoms with E-state index in [0.717, 1.165) is 12.8 Å². The molecule has 0 aliphatic carbocycles. The van der Waals surface area contributed by atoms with E-state index < -0.39 is 5.24 Å². The zero-order valence-corrected chi connectivity index (χ0v) is 7.99. The molecule has 0 spiro atoms. The molecule has 0 bridgehead atoms. The molecule has 0 unspecified atom stereocenters. The van der Waals surface area contributed by atoms with Crippen LogP contribution >= 0.6 is 11.6 Å². The van der Waals surface area contributed by atoms with Crippen LogP contribution in [-0.2, 0) is 9.59 Å². The van der Waals surface area contributed by atoms with Crippen LogP contribution in [0.5, 0.6) is 0 Å². The molecule has 12 heavy (non-hydrogen) atoms. The monoisotopic (exact) mass is 191 g/mol. The molecule has 0 saturated heterocycles. The highest BCUT2D eigenvalue weighted by molar-refractivity contribution is 6.63. The average Bonchev–Trinajstić information content (AvgIpc) is 2.01. The lowest BCUT2D eigenvalue weighted by atomic mass is 10.3. The number of amides is 1. The number of nitrogens with one attached hydrogen (secondary N) is 1. The van der Waals surface area contributed by atoms with E-state index in [0.29, 0.717) is 6.54 Å². The standard InChI is InChI=1S/C8H14ClNO2/c1-2-3-6-10-8(12)5-4-7(9)11/h2-6H2,1H3,(H,10,12). The Morgan fingerprint density at radius 1 is 1.33 bits per heavy atom. The molecule has 70 valence electrons. The molecule has 0 aliphatic rings. The van der Waals surface area contributed by atoms with Crippen molar-refractivity contribution < 1.29 is 9.59 Å². The van der Waals surface area contributed by atoms with E-state index in [9.17, 15) is 9.59 Å². The van der Waals surface area contributed by atoms with E-state index in [-0.39, 0.29) is 18.7 Å². The minimum atomic E-state index is -0.458. The van der Waals surface area contributed by atoms with E-state index in [1.807, 2.05) is 0 Å². The third kappa shape index (κ3) is 7.54. The van der Waals surface area contributed by atoms with Crippen LogP contribution in [0.2, 0.25) is 0 Å². The molecule has 0 atom stereocenters. The maximum Gasteiger partial charge on any atom is 0.222 e. The second kappa shape index (κ2) is 7.10. The molecule has 0 radical (unpaired) electrons. The Kier molecular flexibility index (Phi) is 6.76. The average molecular weight is 192 g/mol. The number of rotatable bonds is 6. The third-order valence-electron chi connectivity index (χ3n) is 1.40. The number of hydrogen-bond acceptors (Lipinski definition) is 2. The predicted octanol–water partition coefficient (Wildman–Crippen LogP) is 1.45. The number of carbonyl (C=O) groups excluding carboxylic acids is 2. The van der Waals surface area contributed by atoms with Crippen molar-refractivity contribution in [2.45, 2.75) is 32.6 Å². The van der Waals surface area contributed by atoms with Crippen LogP contribution in [0.25, 0.3) is 0 Å². The van der Waals surface area contributed by atoms with Gasteiger partial charge in [-0.15, -0.1) is 0 Å². The second-order valence-corrected chi connectivity index (χ2v) is 2.98. The Balaban J connectivity index is 3.28. The first kappa shape index (κ1) is 11.4. The molecule has 0 fully saturated rings. The van der Waals surface area contributed by atoms with Gasteiger partial charge in [0.25, 0.3) is 0 Å². The lowest BCUT2D eigenvalue weighted by Crippen LogP contribution is -2.24. The molecule has 3 nitrogen and oxygen atoms in total. The van der Waals surface area contributed by atoms with Crippen molar-refractivity contribution in [2.75, 3.05) is 6.54 Å². The number of halogens is 1. The highest BCUT2D eigenvalue weighted by Crippen LogP contribution is 1.94. The molecular formula is C8H14ClNO2. The van der Waals surface area contributed by atoms with Crippen molar-refractivity contribution in [3.8, 4) is 0 Å². The molecular weight excluding hydrogens is 178 g/mol. The first-order valence-corrected chi connectivity index (χ1v) is 4.49. The van der Waals surface area contributed by atoms with Gasteiger partial charge in [-0.05, 0) is 18.0 Å². The first-order chi connectivity index (χ1) is 5.66. The number of carbonyl (C=O) groups is 2. The largest absolute Gasteiger partial charge is 0.356 e. The van der Waals surface area contributed by atoms with Gasteiger partial charge in [0.15, 0.2) is 0 Å². The van der Waals surface area contributed by atoms with Crippen molar-refractivity contribution in [3.05, 3.63) is 0 Å². The Morgan fingerprint density at radius 2 is 2.00 bits per heavy atom. The minimum absolute atomic E-state index is 0.0996. The summed E-state index contributed by atoms with van der Waals surface area (Å²) in [4.78, 5) is 21.2. The van der Waals surface area contributed by atoms with E-state index in [1.165, 1.54) is 0 Å². The first-order valence-electron chi connectivity index (χ1n) is 4.11. The molecule has 0 rings (SSSR count). The predicted molar refractivity (Wildman–Crippen MR) is 48.0 cm³/mol. The Labute approximate surface area is 77.5 Å². The van der Waals surface area contributed by atoms with Crippen LogP contribution in [0.15, 0.2) is 0 Å². The summed E-state index contributed by atoms with van der Waals surface area (Å²) in [6.45, 7) is 2.74. The summed E-state index contributed by atoms with van der Waals surface area (Å²) in [7, 11) is 0. The van der Waals surface area contributed by atoms with Crippen molar-refractivity contribution in [1.29, 1.82) is 0 Å². The molecule has 0 heterocycles. The Hall–Kier alpha value is -0.570. The lowest BCUT2D eigenvalue weighted by molar-refractivity contribution is -0.123. The summed E-state index contributed by atoms with van der Waals surface area (Å²) in [6.07, 6.45) is 2.35. The summed E-state index contributed by atoms with van der Waals surface area (Å²) in [6, 6.07) is 0. The van der Waals surface area contributed by atoms with Gasteiger partial charge in [-0.25, -0.2) is 0 Å². The highest BCUT2D eigenvalue weighted by atomic mass is 35.5. The van der Waals surface area contributed by atoms with Gasteiger partial charge in [0.05, 0.1) is 0 Å². The molecule has 4 heteroatoms. The maximum absolute atomic E-state index is 10.9. The fourth-order valence-electron chi connectivity index (χ4n) is 0.705. The van der Waals surface area contributed by atoms with E-state index in [4.69, 9.17) is 11.6 Å². The summed E-state index contributed by atoms with van der Waals surface area (Å²) in [5.41, 5.74) is 0. The van der Waals surface area contributed by atoms with Gasteiger partial charge in [0, 0.05) is 19.4 Å². The van der Waals surface area contributed by atoms with Crippen molar-refractivity contribution in [2.24, 2.45) is 0 Å². The van der Waals surface area contributed by atoms with Crippen LogP contribution in [0.4, 0.5) is 0 Å². The molecule has 0 aromatic carbocycles. The van der Waals surface area contributed by atoms with Gasteiger partial charge >= 0.3 is 0 Å². The molecule has 0 aromatic rings. The van der Waals surface area contributed by atoms with Crippen molar-refractivity contribution in [1.82, 2.24) is 5.32 Å². The molecule has 0 aromatic heterocycles. The van der Waals surface area contributed by atoms with Gasteiger partial charge in [-0.3, -0.25) is 9.59 Å². The zero-order valence-electron chi connectivity index (χ0n) is 7.23. The fraction of sp³-hybridized carbons (Fsp3) is 0.750. The van der Waals surface area contributed by atoms with Gasteiger partial charge < -0.3 is 5.32 Å². The molecule has 1 amide bonds. The summed E-state index contributed by atoms with van der Waals surface area (Å²) in [5, 5.41) is 2.23. The highest BCUT2D eigenvalue weighted by Gasteiger charge is 2.02. The molecule has 1 N–H and O–H groups in total. The SMILES string of the molecule is CCCCNC(=O)CCC(=O)Cl. The Bertz CT molecular complexity index is 159. The maximum atomic E-state index is 10.9. The van der Waals surface area contributed by atoms with E-state index in [1.54, 1.807) is 0 Å². The van der Waals surface area contributed by atoms with Crippen LogP contribution in [0, 0.1) is 0 Å². The normalized spacial score (nSPS) is 9.50. The summed E-state index contributed by atoms with van der Waals surface area (Å²) in [5.74, 6) is -0.0996. The van der Waals surface area contributed by atoms with Crippen LogP contribution in [-0.4, -0.2) is 17.7 Å². The zero-order chi connectivity index (χ0) is 9.40. The van der Waals surface area contributed by atoms with Crippen molar-refractivity contribution >= 4 is 22.8 Å². The van der Waals surface area contributed by atoms with Crippen molar-refractivity contribution in [3.63, 3.8) is 0 Å². The van der Waals surface area contributed by atoms with Crippen LogP contribution in [0.3, 0.4) is 0 Å². The van der Waals surface area contributed by atoms with Crippen LogP contribution in [0.1, 0.15) is 32.6 Å². The fourth-order valence-corrected chi connectivity index (χ4v) is 0.799. The lowest BCUT2D eigenvalue weighted by Gasteiger charge is -2.01. The molecule has 0 saturated carbocycles. The quantitative estimate of drug-likeness (QED) is 0.510. The van der Waals surface area contributed by atoms with Gasteiger partial charge in [0.1, 0.15) is 0 Å². The summed E-state index contributed by atoms with van der Waals surface area (Å²) >= 11 is 5.06. The van der Waals surface area contributed by atoms with Crippen LogP contribution < -0.4 is 5.32 Å². The van der Waals surface area contributed by atoms with Gasteiger partial charge in [-0.2, -0.15) is 0 Å². The Morgan fingerprint density at radius 3 is 2.50 bits per heavy atom. The smallest absolute Gasteiger partial charge is 0.222 e. The second-order valence-electron chi connectivity index (χ2n) is 2.56. The summed E-state index contributed by atoms with van der Waals surface area (Å²) < 4.78 is 0. The third-order valence-corrected chi connectivity index (χ3v) is 1.59. The topological polar surface area (TPSA) is 46.2 Å². The minimum Gasteiger partial charge on any atom is -0.356 e. The number of hydrogen-bond donors (Lipinski definition) is 1. The number of unbranched alkanes of at least 4 members (excludes halogenated alkanes) is 1. The molecule has 0 aliphatic heterocycles. The van der Waals surface area contributed by atoms with E-state index >= 15 is 0 Å².